The molecule has 150 valence electrons. The summed E-state index contributed by atoms with van der Waals surface area (Å²) < 4.78 is 4.97. The number of nitrogens with zero attached hydrogens (tertiary/aromatic N) is 1. The van der Waals surface area contributed by atoms with Gasteiger partial charge in [-0.2, -0.15) is 0 Å². The molecule has 0 aliphatic heterocycles. The van der Waals surface area contributed by atoms with Crippen molar-refractivity contribution < 1.29 is 9.53 Å². The van der Waals surface area contributed by atoms with Gasteiger partial charge in [-0.15, -0.1) is 0 Å². The molecule has 0 aliphatic carbocycles. The summed E-state index contributed by atoms with van der Waals surface area (Å²) in [6.07, 6.45) is 21.8. The standard InChI is InChI=1S/C22H45NO2/c1-4-6-7-8-9-10-11-12-13-14-15-16-17-18-19-20-21-23(3)22(24)25-5-2/h4-21H2,1-3H3. The summed E-state index contributed by atoms with van der Waals surface area (Å²) >= 11 is 0. The van der Waals surface area contributed by atoms with E-state index in [0.717, 1.165) is 13.0 Å². The predicted octanol–water partition coefficient (Wildman–Crippen LogP) is 7.34. The van der Waals surface area contributed by atoms with Crippen molar-refractivity contribution in [3.63, 3.8) is 0 Å². The molecule has 0 atom stereocenters. The van der Waals surface area contributed by atoms with Crippen LogP contribution in [0.3, 0.4) is 0 Å². The first-order chi connectivity index (χ1) is 12.2. The van der Waals surface area contributed by atoms with E-state index in [1.165, 1.54) is 96.3 Å². The molecule has 25 heavy (non-hydrogen) atoms. The van der Waals surface area contributed by atoms with Gasteiger partial charge in [0.15, 0.2) is 0 Å². The zero-order valence-corrected chi connectivity index (χ0v) is 17.5. The van der Waals surface area contributed by atoms with E-state index in [9.17, 15) is 4.79 Å². The first-order valence-corrected chi connectivity index (χ1v) is 11.1. The smallest absolute Gasteiger partial charge is 0.409 e. The Bertz CT molecular complexity index is 281. The molecule has 1 amide bonds. The minimum atomic E-state index is -0.191. The van der Waals surface area contributed by atoms with Crippen LogP contribution in [0.5, 0.6) is 0 Å². The second-order valence-corrected chi connectivity index (χ2v) is 7.42. The van der Waals surface area contributed by atoms with Crippen LogP contribution in [-0.2, 0) is 4.74 Å². The van der Waals surface area contributed by atoms with Crippen LogP contribution in [-0.4, -0.2) is 31.2 Å². The lowest BCUT2D eigenvalue weighted by Gasteiger charge is -2.15. The van der Waals surface area contributed by atoms with Crippen molar-refractivity contribution in [3.8, 4) is 0 Å². The third kappa shape index (κ3) is 17.9. The normalized spacial score (nSPS) is 10.8. The van der Waals surface area contributed by atoms with E-state index in [1.807, 2.05) is 14.0 Å². The van der Waals surface area contributed by atoms with Crippen molar-refractivity contribution in [2.75, 3.05) is 20.2 Å². The first-order valence-electron chi connectivity index (χ1n) is 11.1. The van der Waals surface area contributed by atoms with E-state index < -0.39 is 0 Å². The maximum absolute atomic E-state index is 11.4. The Morgan fingerprint density at radius 2 is 1.00 bits per heavy atom. The van der Waals surface area contributed by atoms with Crippen LogP contribution in [0.25, 0.3) is 0 Å². The average Bonchev–Trinajstić information content (AvgIpc) is 2.61. The fourth-order valence-corrected chi connectivity index (χ4v) is 3.22. The van der Waals surface area contributed by atoms with Gasteiger partial charge in [-0.05, 0) is 13.3 Å². The number of ether oxygens (including phenoxy) is 1. The average molecular weight is 356 g/mol. The predicted molar refractivity (Wildman–Crippen MR) is 109 cm³/mol. The first kappa shape index (κ1) is 24.3. The molecule has 3 nitrogen and oxygen atoms in total. The van der Waals surface area contributed by atoms with Crippen molar-refractivity contribution in [1.29, 1.82) is 0 Å². The number of carbonyl (C=O) groups is 1. The molecule has 0 aromatic heterocycles. The van der Waals surface area contributed by atoms with Gasteiger partial charge in [0, 0.05) is 13.6 Å². The molecule has 0 bridgehead atoms. The SMILES string of the molecule is CCCCCCCCCCCCCCCCCCN(C)C(=O)OCC. The molecule has 0 N–H and O–H groups in total. The summed E-state index contributed by atoms with van der Waals surface area (Å²) in [5.74, 6) is 0. The molecule has 0 radical (unpaired) electrons. The number of carbonyl (C=O) groups excluding carboxylic acids is 1. The summed E-state index contributed by atoms with van der Waals surface area (Å²) in [4.78, 5) is 13.1. The lowest BCUT2D eigenvalue weighted by Crippen LogP contribution is -2.28. The molecule has 0 saturated carbocycles. The Labute approximate surface area is 157 Å². The monoisotopic (exact) mass is 355 g/mol. The minimum absolute atomic E-state index is 0.191. The molecule has 0 aromatic rings. The molecule has 0 spiro atoms. The maximum atomic E-state index is 11.4. The molecular weight excluding hydrogens is 310 g/mol. The van der Waals surface area contributed by atoms with Crippen LogP contribution in [0.1, 0.15) is 117 Å². The Kier molecular flexibility index (Phi) is 19.0. The Morgan fingerprint density at radius 3 is 1.36 bits per heavy atom. The van der Waals surface area contributed by atoms with E-state index in [0.29, 0.717) is 6.61 Å². The van der Waals surface area contributed by atoms with Gasteiger partial charge in [-0.25, -0.2) is 4.79 Å². The topological polar surface area (TPSA) is 29.5 Å². The van der Waals surface area contributed by atoms with Gasteiger partial charge >= 0.3 is 6.09 Å². The highest BCUT2D eigenvalue weighted by atomic mass is 16.5. The Morgan fingerprint density at radius 1 is 0.640 bits per heavy atom. The van der Waals surface area contributed by atoms with Crippen LogP contribution in [0.4, 0.5) is 4.79 Å². The van der Waals surface area contributed by atoms with Crippen molar-refractivity contribution in [2.45, 2.75) is 117 Å². The van der Waals surface area contributed by atoms with E-state index in [-0.39, 0.29) is 6.09 Å². The van der Waals surface area contributed by atoms with Crippen molar-refractivity contribution in [1.82, 2.24) is 4.90 Å². The van der Waals surface area contributed by atoms with Gasteiger partial charge in [0.2, 0.25) is 0 Å². The highest BCUT2D eigenvalue weighted by molar-refractivity contribution is 5.67. The van der Waals surface area contributed by atoms with Gasteiger partial charge < -0.3 is 9.64 Å². The molecule has 0 rings (SSSR count). The maximum Gasteiger partial charge on any atom is 0.409 e. The highest BCUT2D eigenvalue weighted by Crippen LogP contribution is 2.13. The van der Waals surface area contributed by atoms with Crippen molar-refractivity contribution in [2.24, 2.45) is 0 Å². The summed E-state index contributed by atoms with van der Waals surface area (Å²) in [7, 11) is 1.82. The van der Waals surface area contributed by atoms with Crippen LogP contribution in [0.2, 0.25) is 0 Å². The summed E-state index contributed by atoms with van der Waals surface area (Å²) in [5.41, 5.74) is 0. The van der Waals surface area contributed by atoms with Crippen LogP contribution >= 0.6 is 0 Å². The fraction of sp³-hybridized carbons (Fsp3) is 0.955. The van der Waals surface area contributed by atoms with Gasteiger partial charge in [0.05, 0.1) is 6.61 Å². The van der Waals surface area contributed by atoms with Crippen molar-refractivity contribution in [3.05, 3.63) is 0 Å². The summed E-state index contributed by atoms with van der Waals surface area (Å²) in [6, 6.07) is 0. The molecule has 0 fully saturated rings. The molecule has 0 aromatic carbocycles. The molecule has 0 aliphatic rings. The minimum Gasteiger partial charge on any atom is -0.450 e. The number of hydrogen-bond donors (Lipinski definition) is 0. The van der Waals surface area contributed by atoms with Crippen LogP contribution < -0.4 is 0 Å². The zero-order valence-electron chi connectivity index (χ0n) is 17.5. The highest BCUT2D eigenvalue weighted by Gasteiger charge is 2.07. The Hall–Kier alpha value is -0.730. The van der Waals surface area contributed by atoms with Crippen LogP contribution in [0.15, 0.2) is 0 Å². The van der Waals surface area contributed by atoms with Gasteiger partial charge in [-0.1, -0.05) is 103 Å². The van der Waals surface area contributed by atoms with E-state index in [2.05, 4.69) is 6.92 Å². The second-order valence-electron chi connectivity index (χ2n) is 7.42. The lowest BCUT2D eigenvalue weighted by atomic mass is 10.0. The molecule has 0 saturated heterocycles. The number of rotatable bonds is 18. The molecular formula is C22H45NO2. The third-order valence-electron chi connectivity index (χ3n) is 4.93. The van der Waals surface area contributed by atoms with Gasteiger partial charge in [0.1, 0.15) is 0 Å². The number of hydrogen-bond acceptors (Lipinski definition) is 2. The van der Waals surface area contributed by atoms with Gasteiger partial charge in [0.25, 0.3) is 0 Å². The fourth-order valence-electron chi connectivity index (χ4n) is 3.22. The van der Waals surface area contributed by atoms with E-state index >= 15 is 0 Å². The van der Waals surface area contributed by atoms with Crippen LogP contribution in [0, 0.1) is 0 Å². The molecule has 0 unspecified atom stereocenters. The lowest BCUT2D eigenvalue weighted by molar-refractivity contribution is 0.115. The van der Waals surface area contributed by atoms with Crippen molar-refractivity contribution >= 4 is 6.09 Å². The second kappa shape index (κ2) is 19.6. The van der Waals surface area contributed by atoms with E-state index in [1.54, 1.807) is 4.90 Å². The summed E-state index contributed by atoms with van der Waals surface area (Å²) in [5, 5.41) is 0. The summed E-state index contributed by atoms with van der Waals surface area (Å²) in [6.45, 7) is 5.41. The third-order valence-corrected chi connectivity index (χ3v) is 4.93. The zero-order chi connectivity index (χ0) is 18.6. The van der Waals surface area contributed by atoms with Gasteiger partial charge in [-0.3, -0.25) is 0 Å². The number of amides is 1. The quantitative estimate of drug-likeness (QED) is 0.241. The largest absolute Gasteiger partial charge is 0.450 e. The van der Waals surface area contributed by atoms with E-state index in [4.69, 9.17) is 4.74 Å². The molecule has 0 heterocycles. The Balaban J connectivity index is 3.13. The number of unbranched alkanes of at least 4 members (excludes halogenated alkanes) is 15. The molecule has 3 heteroatoms.